The summed E-state index contributed by atoms with van der Waals surface area (Å²) >= 11 is 0. The summed E-state index contributed by atoms with van der Waals surface area (Å²) in [6.07, 6.45) is 2.50. The van der Waals surface area contributed by atoms with Crippen molar-refractivity contribution in [2.45, 2.75) is 31.9 Å². The fourth-order valence-electron chi connectivity index (χ4n) is 1.59. The molecule has 1 aliphatic rings. The molecule has 10 heavy (non-hydrogen) atoms. The lowest BCUT2D eigenvalue weighted by molar-refractivity contribution is 0.142. The van der Waals surface area contributed by atoms with Gasteiger partial charge in [-0.25, -0.2) is 11.0 Å². The first-order valence-electron chi connectivity index (χ1n) is 3.69. The van der Waals surface area contributed by atoms with Crippen LogP contribution in [0.4, 0.5) is 4.39 Å². The molecule has 1 saturated carbocycles. The Bertz CT molecular complexity index is 157. The van der Waals surface area contributed by atoms with Gasteiger partial charge in [0.1, 0.15) is 5.67 Å². The van der Waals surface area contributed by atoms with Gasteiger partial charge in [0.15, 0.2) is 0 Å². The molecule has 0 spiro atoms. The first-order chi connectivity index (χ1) is 4.67. The van der Waals surface area contributed by atoms with E-state index in [4.69, 9.17) is 6.57 Å². The fourth-order valence-corrected chi connectivity index (χ4v) is 1.59. The first kappa shape index (κ1) is 7.53. The summed E-state index contributed by atoms with van der Waals surface area (Å²) in [6.45, 7) is 8.59. The average molecular weight is 141 g/mol. The van der Waals surface area contributed by atoms with Crippen LogP contribution in [-0.2, 0) is 0 Å². The second-order valence-corrected chi connectivity index (χ2v) is 3.21. The zero-order valence-corrected chi connectivity index (χ0v) is 6.23. The maximum atomic E-state index is 13.3. The molecule has 1 rings (SSSR count). The van der Waals surface area contributed by atoms with Crippen molar-refractivity contribution in [3.63, 3.8) is 0 Å². The van der Waals surface area contributed by atoms with Gasteiger partial charge < -0.3 is 4.85 Å². The molecule has 0 aliphatic heterocycles. The van der Waals surface area contributed by atoms with Gasteiger partial charge in [-0.15, -0.1) is 0 Å². The minimum atomic E-state index is -1.05. The third-order valence-corrected chi connectivity index (χ3v) is 2.38. The van der Waals surface area contributed by atoms with Crippen LogP contribution in [0.3, 0.4) is 0 Å². The summed E-state index contributed by atoms with van der Waals surface area (Å²) in [6, 6.07) is 0. The molecule has 2 heteroatoms. The molecule has 2 unspecified atom stereocenters. The van der Waals surface area contributed by atoms with E-state index in [9.17, 15) is 4.39 Å². The zero-order chi connectivity index (χ0) is 7.61. The van der Waals surface area contributed by atoms with Crippen LogP contribution in [0.5, 0.6) is 0 Å². The summed E-state index contributed by atoms with van der Waals surface area (Å²) in [5.74, 6) is 0.00463. The Morgan fingerprint density at radius 1 is 1.80 bits per heavy atom. The molecule has 0 aromatic carbocycles. The normalized spacial score (nSPS) is 39.5. The number of halogens is 1. The molecule has 0 aromatic rings. The quantitative estimate of drug-likeness (QED) is 0.494. The molecular weight excluding hydrogens is 129 g/mol. The van der Waals surface area contributed by atoms with Crippen molar-refractivity contribution in [3.8, 4) is 0 Å². The lowest BCUT2D eigenvalue weighted by Gasteiger charge is -2.17. The summed E-state index contributed by atoms with van der Waals surface area (Å²) < 4.78 is 13.3. The average Bonchev–Trinajstić information content (AvgIpc) is 2.13. The van der Waals surface area contributed by atoms with Crippen molar-refractivity contribution in [3.05, 3.63) is 11.4 Å². The van der Waals surface area contributed by atoms with Gasteiger partial charge in [-0.05, 0) is 26.2 Å². The first-order valence-corrected chi connectivity index (χ1v) is 3.69. The molecule has 0 amide bonds. The van der Waals surface area contributed by atoms with Crippen molar-refractivity contribution in [2.75, 3.05) is 6.54 Å². The van der Waals surface area contributed by atoms with E-state index in [1.807, 2.05) is 0 Å². The van der Waals surface area contributed by atoms with Gasteiger partial charge in [-0.3, -0.25) is 0 Å². The van der Waals surface area contributed by atoms with E-state index in [-0.39, 0.29) is 5.92 Å². The van der Waals surface area contributed by atoms with E-state index in [1.54, 1.807) is 6.92 Å². The molecule has 1 aliphatic carbocycles. The Kier molecular flexibility index (Phi) is 1.94. The van der Waals surface area contributed by atoms with Gasteiger partial charge in [0.05, 0.1) is 5.92 Å². The van der Waals surface area contributed by atoms with Gasteiger partial charge in [0.2, 0.25) is 6.54 Å². The van der Waals surface area contributed by atoms with E-state index >= 15 is 0 Å². The molecule has 1 nitrogen and oxygen atoms in total. The van der Waals surface area contributed by atoms with Crippen molar-refractivity contribution < 1.29 is 4.39 Å². The number of rotatable bonds is 1. The fraction of sp³-hybridized carbons (Fsp3) is 0.875. The third-order valence-electron chi connectivity index (χ3n) is 2.38. The number of alkyl halides is 1. The summed E-state index contributed by atoms with van der Waals surface area (Å²) in [5, 5.41) is 0. The zero-order valence-electron chi connectivity index (χ0n) is 6.23. The molecule has 56 valence electrons. The molecule has 2 atom stereocenters. The van der Waals surface area contributed by atoms with Crippen LogP contribution >= 0.6 is 0 Å². The molecule has 0 N–H and O–H groups in total. The van der Waals surface area contributed by atoms with Crippen molar-refractivity contribution in [1.29, 1.82) is 0 Å². The SMILES string of the molecule is [C-]#[N+]CC1CCCC1(C)F. The van der Waals surface area contributed by atoms with Crippen LogP contribution in [0.25, 0.3) is 4.85 Å². The highest BCUT2D eigenvalue weighted by Gasteiger charge is 2.40. The van der Waals surface area contributed by atoms with Crippen LogP contribution in [0.2, 0.25) is 0 Å². The van der Waals surface area contributed by atoms with Gasteiger partial charge in [0, 0.05) is 0 Å². The Morgan fingerprint density at radius 3 is 2.90 bits per heavy atom. The Hall–Kier alpha value is -0.580. The highest BCUT2D eigenvalue weighted by atomic mass is 19.1. The van der Waals surface area contributed by atoms with Crippen LogP contribution in [0.1, 0.15) is 26.2 Å². The third kappa shape index (κ3) is 1.29. The second-order valence-electron chi connectivity index (χ2n) is 3.21. The Labute approximate surface area is 61.1 Å². The molecule has 0 bridgehead atoms. The highest BCUT2D eigenvalue weighted by molar-refractivity contribution is 4.92. The molecule has 0 saturated heterocycles. The van der Waals surface area contributed by atoms with Crippen molar-refractivity contribution in [1.82, 2.24) is 0 Å². The summed E-state index contributed by atoms with van der Waals surface area (Å²) in [4.78, 5) is 3.22. The van der Waals surface area contributed by atoms with E-state index < -0.39 is 5.67 Å². The van der Waals surface area contributed by atoms with Gasteiger partial charge in [-0.1, -0.05) is 0 Å². The Balaban J connectivity index is 2.53. The topological polar surface area (TPSA) is 4.36 Å². The maximum absolute atomic E-state index is 13.3. The van der Waals surface area contributed by atoms with Crippen LogP contribution in [-0.4, -0.2) is 12.2 Å². The van der Waals surface area contributed by atoms with E-state index in [1.165, 1.54) is 0 Å². The minimum Gasteiger partial charge on any atom is -0.317 e. The maximum Gasteiger partial charge on any atom is 0.220 e. The number of hydrogen-bond donors (Lipinski definition) is 0. The van der Waals surface area contributed by atoms with Gasteiger partial charge >= 0.3 is 0 Å². The van der Waals surface area contributed by atoms with Gasteiger partial charge in [0.25, 0.3) is 0 Å². The number of hydrogen-bond acceptors (Lipinski definition) is 0. The lowest BCUT2D eigenvalue weighted by atomic mass is 9.95. The molecular formula is C8H12FN. The largest absolute Gasteiger partial charge is 0.317 e. The van der Waals surface area contributed by atoms with Gasteiger partial charge in [-0.2, -0.15) is 0 Å². The Morgan fingerprint density at radius 2 is 2.50 bits per heavy atom. The standard InChI is InChI=1S/C8H12FN/c1-8(9)5-3-4-7(8)6-10-2/h7H,3-6H2,1H3. The molecule has 0 aromatic heterocycles. The van der Waals surface area contributed by atoms with Crippen LogP contribution in [0.15, 0.2) is 0 Å². The van der Waals surface area contributed by atoms with Crippen molar-refractivity contribution in [2.24, 2.45) is 5.92 Å². The summed E-state index contributed by atoms with van der Waals surface area (Å²) in [7, 11) is 0. The second kappa shape index (κ2) is 2.57. The smallest absolute Gasteiger partial charge is 0.220 e. The summed E-state index contributed by atoms with van der Waals surface area (Å²) in [5.41, 5.74) is -1.05. The molecule has 1 fully saturated rings. The molecule has 0 radical (unpaired) electrons. The van der Waals surface area contributed by atoms with E-state index in [0.29, 0.717) is 13.0 Å². The van der Waals surface area contributed by atoms with Crippen LogP contribution in [0, 0.1) is 12.5 Å². The molecule has 0 heterocycles. The minimum absolute atomic E-state index is 0.00463. The lowest BCUT2D eigenvalue weighted by Crippen LogP contribution is -2.24. The van der Waals surface area contributed by atoms with E-state index in [0.717, 1.165) is 12.8 Å². The monoisotopic (exact) mass is 141 g/mol. The predicted molar refractivity (Wildman–Crippen MR) is 38.3 cm³/mol. The van der Waals surface area contributed by atoms with Crippen LogP contribution < -0.4 is 0 Å². The predicted octanol–water partition coefficient (Wildman–Crippen LogP) is 2.43. The van der Waals surface area contributed by atoms with E-state index in [2.05, 4.69) is 4.85 Å². The highest BCUT2D eigenvalue weighted by Crippen LogP contribution is 2.38. The number of nitrogens with zero attached hydrogens (tertiary/aromatic N) is 1. The van der Waals surface area contributed by atoms with Crippen molar-refractivity contribution >= 4 is 0 Å².